The van der Waals surface area contributed by atoms with Gasteiger partial charge in [0, 0.05) is 18.0 Å². The quantitative estimate of drug-likeness (QED) is 0.776. The molecule has 1 amide bonds. The number of hydrogen-bond donors (Lipinski definition) is 2. The third-order valence-corrected chi connectivity index (χ3v) is 5.13. The highest BCUT2D eigenvalue weighted by Crippen LogP contribution is 2.35. The minimum absolute atomic E-state index is 0.257. The standard InChI is InChI=1S/C19H19ClN4OS/c1-19(9-10-26-18(21)24-19)14-4-2-3-13(11-14)5-8-17(25)23-16-7-6-15(20)12-22-16/h2-8,11-12H,9-10H2,1H3,(H2,21,24)(H,22,23,25). The molecule has 0 radical (unpaired) electrons. The number of hydrogen-bond acceptors (Lipinski definition) is 5. The summed E-state index contributed by atoms with van der Waals surface area (Å²) in [5, 5.41) is 3.84. The third-order valence-electron chi connectivity index (χ3n) is 4.11. The van der Waals surface area contributed by atoms with Crippen molar-refractivity contribution in [3.8, 4) is 0 Å². The van der Waals surface area contributed by atoms with Crippen LogP contribution in [-0.4, -0.2) is 21.8 Å². The van der Waals surface area contributed by atoms with Crippen molar-refractivity contribution >= 4 is 46.3 Å². The molecule has 0 bridgehead atoms. The van der Waals surface area contributed by atoms with Gasteiger partial charge in [0.05, 0.1) is 10.6 Å². The van der Waals surface area contributed by atoms with Crippen LogP contribution in [0.5, 0.6) is 0 Å². The molecule has 3 rings (SSSR count). The molecule has 0 saturated carbocycles. The van der Waals surface area contributed by atoms with E-state index in [0.29, 0.717) is 16.0 Å². The average molecular weight is 387 g/mol. The summed E-state index contributed by atoms with van der Waals surface area (Å²) < 4.78 is 0. The van der Waals surface area contributed by atoms with Crippen molar-refractivity contribution in [2.24, 2.45) is 10.7 Å². The molecule has 2 heterocycles. The highest BCUT2D eigenvalue weighted by molar-refractivity contribution is 8.13. The number of amides is 1. The molecule has 0 fully saturated rings. The summed E-state index contributed by atoms with van der Waals surface area (Å²) in [6.07, 6.45) is 5.66. The summed E-state index contributed by atoms with van der Waals surface area (Å²) >= 11 is 7.36. The molecule has 2 aromatic rings. The Hall–Kier alpha value is -2.31. The van der Waals surface area contributed by atoms with Crippen LogP contribution in [0, 0.1) is 0 Å². The van der Waals surface area contributed by atoms with Crippen LogP contribution in [0.2, 0.25) is 5.02 Å². The maximum absolute atomic E-state index is 12.1. The smallest absolute Gasteiger partial charge is 0.249 e. The number of thioether (sulfide) groups is 1. The predicted octanol–water partition coefficient (Wildman–Crippen LogP) is 4.05. The summed E-state index contributed by atoms with van der Waals surface area (Å²) in [5.41, 5.74) is 7.59. The molecule has 1 aliphatic rings. The number of carbonyl (C=O) groups is 1. The number of carbonyl (C=O) groups excluding carboxylic acids is 1. The summed E-state index contributed by atoms with van der Waals surface area (Å²) in [7, 11) is 0. The van der Waals surface area contributed by atoms with Crippen LogP contribution in [0.25, 0.3) is 6.08 Å². The number of pyridine rings is 1. The molecular formula is C19H19ClN4OS. The fourth-order valence-corrected chi connectivity index (χ4v) is 3.75. The van der Waals surface area contributed by atoms with Gasteiger partial charge in [-0.25, -0.2) is 4.98 Å². The molecule has 5 nitrogen and oxygen atoms in total. The van der Waals surface area contributed by atoms with E-state index >= 15 is 0 Å². The minimum Gasteiger partial charge on any atom is -0.379 e. The number of amidine groups is 1. The van der Waals surface area contributed by atoms with Gasteiger partial charge in [0.15, 0.2) is 5.17 Å². The maximum atomic E-state index is 12.1. The van der Waals surface area contributed by atoms with Gasteiger partial charge in [-0.15, -0.1) is 0 Å². The maximum Gasteiger partial charge on any atom is 0.249 e. The minimum atomic E-state index is -0.325. The monoisotopic (exact) mass is 386 g/mol. The van der Waals surface area contributed by atoms with Crippen molar-refractivity contribution in [3.63, 3.8) is 0 Å². The number of aliphatic imine (C=N–C) groups is 1. The molecule has 0 aliphatic carbocycles. The van der Waals surface area contributed by atoms with Crippen molar-refractivity contribution in [1.82, 2.24) is 4.98 Å². The van der Waals surface area contributed by atoms with Gasteiger partial charge in [-0.1, -0.05) is 41.6 Å². The van der Waals surface area contributed by atoms with E-state index < -0.39 is 0 Å². The highest BCUT2D eigenvalue weighted by Gasteiger charge is 2.29. The van der Waals surface area contributed by atoms with Gasteiger partial charge in [-0.05, 0) is 48.7 Å². The van der Waals surface area contributed by atoms with Gasteiger partial charge in [0.1, 0.15) is 5.82 Å². The van der Waals surface area contributed by atoms with Crippen LogP contribution in [0.1, 0.15) is 24.5 Å². The number of nitrogens with two attached hydrogens (primary N) is 1. The molecule has 3 N–H and O–H groups in total. The van der Waals surface area contributed by atoms with E-state index in [2.05, 4.69) is 22.2 Å². The van der Waals surface area contributed by atoms with Crippen LogP contribution >= 0.6 is 23.4 Å². The van der Waals surface area contributed by atoms with Crippen LogP contribution in [0.4, 0.5) is 5.82 Å². The van der Waals surface area contributed by atoms with E-state index in [1.54, 1.807) is 30.0 Å². The largest absolute Gasteiger partial charge is 0.379 e. The zero-order chi connectivity index (χ0) is 18.6. The van der Waals surface area contributed by atoms with Crippen molar-refractivity contribution in [2.45, 2.75) is 18.9 Å². The lowest BCUT2D eigenvalue weighted by molar-refractivity contribution is -0.111. The Balaban J connectivity index is 1.72. The second kappa shape index (κ2) is 7.93. The molecule has 1 unspecified atom stereocenters. The number of benzene rings is 1. The van der Waals surface area contributed by atoms with Crippen molar-refractivity contribution < 1.29 is 4.79 Å². The molecule has 1 atom stereocenters. The second-order valence-corrected chi connectivity index (χ2v) is 7.68. The van der Waals surface area contributed by atoms with Gasteiger partial charge in [0.25, 0.3) is 0 Å². The van der Waals surface area contributed by atoms with E-state index in [1.807, 2.05) is 24.3 Å². The molecule has 0 spiro atoms. The fraction of sp³-hybridized carbons (Fsp3) is 0.211. The Labute approximate surface area is 161 Å². The lowest BCUT2D eigenvalue weighted by Crippen LogP contribution is -2.28. The zero-order valence-electron chi connectivity index (χ0n) is 14.3. The first-order valence-electron chi connectivity index (χ1n) is 8.14. The van der Waals surface area contributed by atoms with Crippen LogP contribution in [0.3, 0.4) is 0 Å². The lowest BCUT2D eigenvalue weighted by atomic mass is 9.89. The fourth-order valence-electron chi connectivity index (χ4n) is 2.66. The van der Waals surface area contributed by atoms with E-state index in [0.717, 1.165) is 23.3 Å². The molecule has 1 aromatic heterocycles. The number of halogens is 1. The van der Waals surface area contributed by atoms with E-state index in [4.69, 9.17) is 17.3 Å². The van der Waals surface area contributed by atoms with E-state index in [1.165, 1.54) is 12.3 Å². The Morgan fingerprint density at radius 2 is 2.23 bits per heavy atom. The first kappa shape index (κ1) is 18.5. The first-order chi connectivity index (χ1) is 12.4. The van der Waals surface area contributed by atoms with Crippen molar-refractivity contribution in [2.75, 3.05) is 11.1 Å². The van der Waals surface area contributed by atoms with Gasteiger partial charge < -0.3 is 11.1 Å². The molecule has 26 heavy (non-hydrogen) atoms. The van der Waals surface area contributed by atoms with Crippen molar-refractivity contribution in [3.05, 3.63) is 64.8 Å². The number of rotatable bonds is 4. The predicted molar refractivity (Wildman–Crippen MR) is 109 cm³/mol. The van der Waals surface area contributed by atoms with Gasteiger partial charge in [-0.2, -0.15) is 0 Å². The molecule has 1 aliphatic heterocycles. The zero-order valence-corrected chi connectivity index (χ0v) is 15.8. The Morgan fingerprint density at radius 1 is 1.38 bits per heavy atom. The van der Waals surface area contributed by atoms with Crippen LogP contribution in [0.15, 0.2) is 53.7 Å². The van der Waals surface area contributed by atoms with Gasteiger partial charge >= 0.3 is 0 Å². The first-order valence-corrected chi connectivity index (χ1v) is 9.50. The Kier molecular flexibility index (Phi) is 5.64. The SMILES string of the molecule is CC1(c2cccc(C=CC(=O)Nc3ccc(Cl)cn3)c2)CCSC(N)=N1. The number of nitrogens with zero attached hydrogens (tertiary/aromatic N) is 2. The summed E-state index contributed by atoms with van der Waals surface area (Å²) in [5.74, 6) is 1.14. The third kappa shape index (κ3) is 4.65. The average Bonchev–Trinajstić information content (AvgIpc) is 2.62. The summed E-state index contributed by atoms with van der Waals surface area (Å²) in [4.78, 5) is 20.7. The Bertz CT molecular complexity index is 866. The molecule has 7 heteroatoms. The number of aromatic nitrogens is 1. The van der Waals surface area contributed by atoms with Gasteiger partial charge in [0.2, 0.25) is 5.91 Å². The van der Waals surface area contributed by atoms with Crippen LogP contribution in [-0.2, 0) is 10.3 Å². The number of anilines is 1. The molecular weight excluding hydrogens is 368 g/mol. The summed E-state index contributed by atoms with van der Waals surface area (Å²) in [6, 6.07) is 11.3. The van der Waals surface area contributed by atoms with Gasteiger partial charge in [-0.3, -0.25) is 9.79 Å². The van der Waals surface area contributed by atoms with Crippen LogP contribution < -0.4 is 11.1 Å². The molecule has 0 saturated heterocycles. The normalized spacial score (nSPS) is 20.0. The lowest BCUT2D eigenvalue weighted by Gasteiger charge is -2.29. The summed E-state index contributed by atoms with van der Waals surface area (Å²) in [6.45, 7) is 2.08. The van der Waals surface area contributed by atoms with E-state index in [-0.39, 0.29) is 11.4 Å². The number of nitrogens with one attached hydrogen (secondary N) is 1. The highest BCUT2D eigenvalue weighted by atomic mass is 35.5. The molecule has 1 aromatic carbocycles. The topological polar surface area (TPSA) is 80.4 Å². The Morgan fingerprint density at radius 3 is 2.96 bits per heavy atom. The van der Waals surface area contributed by atoms with Crippen molar-refractivity contribution in [1.29, 1.82) is 0 Å². The van der Waals surface area contributed by atoms with E-state index in [9.17, 15) is 4.79 Å². The second-order valence-electron chi connectivity index (χ2n) is 6.13. The molecule has 134 valence electrons.